The van der Waals surface area contributed by atoms with Gasteiger partial charge in [0.1, 0.15) is 13.2 Å². The van der Waals surface area contributed by atoms with Crippen molar-refractivity contribution >= 4 is 12.2 Å². The van der Waals surface area contributed by atoms with E-state index in [-0.39, 0.29) is 74.6 Å². The van der Waals surface area contributed by atoms with E-state index in [9.17, 15) is 14.7 Å². The predicted molar refractivity (Wildman–Crippen MR) is 338 cm³/mol. The van der Waals surface area contributed by atoms with Crippen molar-refractivity contribution in [3.8, 4) is 0 Å². The number of methoxy groups -OCH3 is 1. The van der Waals surface area contributed by atoms with E-state index in [4.69, 9.17) is 23.7 Å². The number of aliphatic hydroxyl groups is 1. The molecule has 0 bridgehead atoms. The zero-order chi connectivity index (χ0) is 57.7. The summed E-state index contributed by atoms with van der Waals surface area (Å²) in [5.41, 5.74) is 9.28. The minimum Gasteiger partial charge on any atom is -0.445 e. The molecule has 85 heavy (non-hydrogen) atoms. The number of likely N-dealkylation sites (tertiary alicyclic amines) is 2. The number of amides is 2. The maximum Gasteiger partial charge on any atom is 0.410 e. The Morgan fingerprint density at radius 1 is 0.576 bits per heavy atom. The van der Waals surface area contributed by atoms with Gasteiger partial charge in [-0.3, -0.25) is 0 Å². The van der Waals surface area contributed by atoms with Crippen LogP contribution in [0.1, 0.15) is 210 Å². The van der Waals surface area contributed by atoms with E-state index in [0.717, 1.165) is 111 Å². The number of nitrogens with zero attached hydrogens (tertiary/aromatic N) is 2. The average Bonchev–Trinajstić information content (AvgIpc) is 1.73. The second-order valence-corrected chi connectivity index (χ2v) is 30.9. The average molecular weight is 1170 g/mol. The van der Waals surface area contributed by atoms with Gasteiger partial charge < -0.3 is 38.6 Å². The number of carbonyl (C=O) groups excluding carboxylic acids is 2. The van der Waals surface area contributed by atoms with Crippen molar-refractivity contribution in [1.29, 1.82) is 0 Å². The molecule has 10 nitrogen and oxygen atoms in total. The van der Waals surface area contributed by atoms with Crippen molar-refractivity contribution in [2.24, 2.45) is 81.8 Å². The fourth-order valence-corrected chi connectivity index (χ4v) is 22.3. The molecule has 4 heterocycles. The van der Waals surface area contributed by atoms with Gasteiger partial charge in [0.05, 0.1) is 47.7 Å². The van der Waals surface area contributed by atoms with Crippen LogP contribution in [0.2, 0.25) is 0 Å². The number of fused-ring (bicyclic) bond motifs is 12. The smallest absolute Gasteiger partial charge is 0.410 e. The number of aliphatic hydroxyl groups excluding tert-OH is 1. The third-order valence-electron chi connectivity index (χ3n) is 26.6. The van der Waals surface area contributed by atoms with Gasteiger partial charge in [-0.1, -0.05) is 139 Å². The highest BCUT2D eigenvalue weighted by molar-refractivity contribution is 5.69. The molecule has 2 aromatic rings. The first-order valence-corrected chi connectivity index (χ1v) is 33.8. The van der Waals surface area contributed by atoms with E-state index < -0.39 is 0 Å². The Balaban J connectivity index is 0.000000173. The van der Waals surface area contributed by atoms with Gasteiger partial charge in [-0.15, -0.1) is 0 Å². The minimum atomic E-state index is -0.190. The summed E-state index contributed by atoms with van der Waals surface area (Å²) < 4.78 is 32.0. The van der Waals surface area contributed by atoms with E-state index in [2.05, 4.69) is 55.4 Å². The lowest BCUT2D eigenvalue weighted by Crippen LogP contribution is -2.54. The first kappa shape index (κ1) is 62.9. The third kappa shape index (κ3) is 11.1. The molecule has 1 N–H and O–H groups in total. The van der Waals surface area contributed by atoms with E-state index in [0.29, 0.717) is 59.7 Å². The van der Waals surface area contributed by atoms with Crippen LogP contribution in [0.15, 0.2) is 83.0 Å². The number of ether oxygens (including phenoxy) is 5. The number of piperidine rings is 2. The fourth-order valence-electron chi connectivity index (χ4n) is 22.3. The van der Waals surface area contributed by atoms with Crippen LogP contribution in [0.4, 0.5) is 9.59 Å². The number of rotatable bonds is 5. The summed E-state index contributed by atoms with van der Waals surface area (Å²) in [4.78, 5) is 31.1. The maximum absolute atomic E-state index is 13.5. The van der Waals surface area contributed by atoms with Crippen LogP contribution in [-0.4, -0.2) is 95.0 Å². The molecule has 0 aromatic heterocycles. The van der Waals surface area contributed by atoms with Crippen LogP contribution in [0.25, 0.3) is 0 Å². The van der Waals surface area contributed by atoms with Gasteiger partial charge in [-0.05, 0) is 223 Å². The molecule has 10 fully saturated rings. The van der Waals surface area contributed by atoms with Crippen LogP contribution in [0, 0.1) is 81.8 Å². The molecule has 8 aliphatic carbocycles. The van der Waals surface area contributed by atoms with Crippen LogP contribution in [0.5, 0.6) is 0 Å². The molecular formula is C75H112N2O8. The Morgan fingerprint density at radius 2 is 1.01 bits per heavy atom. The number of carbonyl (C=O) groups is 2. The molecule has 10 heteroatoms. The minimum absolute atomic E-state index is 0. The highest BCUT2D eigenvalue weighted by atomic mass is 16.6. The van der Waals surface area contributed by atoms with E-state index in [1.807, 2.05) is 77.6 Å². The van der Waals surface area contributed by atoms with Crippen molar-refractivity contribution in [3.05, 3.63) is 94.1 Å². The second-order valence-electron chi connectivity index (χ2n) is 30.9. The van der Waals surface area contributed by atoms with Crippen molar-refractivity contribution < 1.29 is 38.4 Å². The lowest BCUT2D eigenvalue weighted by atomic mass is 9.52. The van der Waals surface area contributed by atoms with E-state index in [1.165, 1.54) is 77.0 Å². The van der Waals surface area contributed by atoms with Crippen molar-refractivity contribution in [1.82, 2.24) is 9.80 Å². The first-order chi connectivity index (χ1) is 39.9. The molecule has 12 aliphatic rings. The molecule has 4 aliphatic heterocycles. The Bertz CT molecular complexity index is 2750. The Kier molecular flexibility index (Phi) is 18.2. The van der Waals surface area contributed by atoms with Crippen molar-refractivity contribution in [3.63, 3.8) is 0 Å². The van der Waals surface area contributed by atoms with Gasteiger partial charge >= 0.3 is 12.2 Å². The summed E-state index contributed by atoms with van der Waals surface area (Å²) in [6.07, 6.45) is 23.9. The van der Waals surface area contributed by atoms with Gasteiger partial charge in [0, 0.05) is 32.0 Å². The highest BCUT2D eigenvalue weighted by Crippen LogP contribution is 2.68. The standard InChI is InChI=1S/C37H53NO4.C36H51NO4.2CH4/c1-23-17-33-34(38(21-23)35(39)41-22-26-9-7-6-8-10-26)25(3)37(42-33)16-14-29-30-12-11-27-18-28(40-5)13-15-36(27,4)32(30)19-31(29)24(2)20-37;1-22-16-32-33(37(20-22)34(39)40-21-25-8-6-5-7-9-25)24(3)36(41-32)15-13-28-29-11-10-26-17-27(38)12-14-35(26,4)31(29)18-30(28)23(2)19-36;;/h6-10,23,25,27-30,32-34H,11-22H2,1-5H3;5-9,22,24,26-29,31-33,38H,10-21H2,1-4H3;2*1H4/t23-,25+,27+,28+,29-,30-,32-,33+,34-,36-,37-;22-,24+,26+,27+,28-,29-,31-,32+,33-,35-,36-;;/m00../s1. The Hall–Kier alpha value is -3.70. The molecule has 14 rings (SSSR count). The normalized spacial score (nSPS) is 44.0. The van der Waals surface area contributed by atoms with Crippen molar-refractivity contribution in [2.45, 2.75) is 260 Å². The number of hydrogen-bond donors (Lipinski definition) is 1. The summed E-state index contributed by atoms with van der Waals surface area (Å²) in [7, 11) is 1.91. The molecule has 470 valence electrons. The molecule has 6 saturated carbocycles. The molecule has 0 radical (unpaired) electrons. The third-order valence-corrected chi connectivity index (χ3v) is 26.6. The van der Waals surface area contributed by atoms with Crippen LogP contribution in [-0.2, 0) is 36.9 Å². The lowest BCUT2D eigenvalue weighted by Gasteiger charge is -2.54. The molecule has 2 amide bonds. The SMILES string of the molecule is C.C.CC1=C2C[C@H]3[C@@H](CC[C@@H]4C[C@H](O)CC[C@@]43C)[C@@H]2CC[C@@]2(C1)O[C@@H]1C[C@H](C)CN(C(=O)OCc3ccccc3)[C@H]1[C@H]2C.CO[C@@H]1CC[C@@]2(C)[C@H](CC[C@H]3[C@@H]4CC[C@@]5(CC(C)=C4C[C@@H]32)O[C@@H]2C[C@H](C)CN(C(=O)OCc3ccccc3)[C@H]2[C@H]5C)C1. The molecule has 2 spiro atoms. The summed E-state index contributed by atoms with van der Waals surface area (Å²) in [5, 5.41) is 10.4. The summed E-state index contributed by atoms with van der Waals surface area (Å²) in [6, 6.07) is 20.2. The number of benzene rings is 2. The molecular weight excluding hydrogens is 1060 g/mol. The maximum atomic E-state index is 13.5. The van der Waals surface area contributed by atoms with Gasteiger partial charge in [0.25, 0.3) is 0 Å². The first-order valence-electron chi connectivity index (χ1n) is 33.8. The summed E-state index contributed by atoms with van der Waals surface area (Å²) in [6.45, 7) is 21.4. The highest BCUT2D eigenvalue weighted by Gasteiger charge is 2.63. The van der Waals surface area contributed by atoms with Crippen LogP contribution < -0.4 is 0 Å². The Morgan fingerprint density at radius 3 is 1.46 bits per heavy atom. The summed E-state index contributed by atoms with van der Waals surface area (Å²) in [5.74, 6) is 7.53. The molecule has 4 saturated heterocycles. The predicted octanol–water partition coefficient (Wildman–Crippen LogP) is 17.0. The molecule has 0 unspecified atom stereocenters. The number of hydrogen-bond acceptors (Lipinski definition) is 8. The van der Waals surface area contributed by atoms with Gasteiger partial charge in [0.15, 0.2) is 0 Å². The quantitative estimate of drug-likeness (QED) is 0.295. The van der Waals surface area contributed by atoms with Crippen molar-refractivity contribution in [2.75, 3.05) is 20.2 Å². The monoisotopic (exact) mass is 1170 g/mol. The van der Waals surface area contributed by atoms with Crippen LogP contribution in [0.3, 0.4) is 0 Å². The molecule has 22 atom stereocenters. The molecule has 2 aromatic carbocycles. The zero-order valence-corrected chi connectivity index (χ0v) is 52.3. The fraction of sp³-hybridized carbons (Fsp3) is 0.760. The van der Waals surface area contributed by atoms with E-state index in [1.54, 1.807) is 22.3 Å². The second kappa shape index (κ2) is 24.6. The Labute approximate surface area is 513 Å². The summed E-state index contributed by atoms with van der Waals surface area (Å²) >= 11 is 0. The van der Waals surface area contributed by atoms with Gasteiger partial charge in [-0.25, -0.2) is 9.59 Å². The van der Waals surface area contributed by atoms with Gasteiger partial charge in [-0.2, -0.15) is 0 Å². The number of allylic oxidation sites excluding steroid dienone is 2. The zero-order valence-electron chi connectivity index (χ0n) is 52.3. The topological polar surface area (TPSA) is 107 Å². The lowest BCUT2D eigenvalue weighted by molar-refractivity contribution is -0.0863. The van der Waals surface area contributed by atoms with Crippen LogP contribution >= 0.6 is 0 Å². The van der Waals surface area contributed by atoms with Gasteiger partial charge in [0.2, 0.25) is 0 Å². The largest absolute Gasteiger partial charge is 0.445 e. The van der Waals surface area contributed by atoms with E-state index >= 15 is 0 Å².